The van der Waals surface area contributed by atoms with Gasteiger partial charge < -0.3 is 5.11 Å². The molecule has 1 N–H and O–H groups in total. The first-order chi connectivity index (χ1) is 19.3. The van der Waals surface area contributed by atoms with Crippen LogP contribution < -0.4 is 4.90 Å². The van der Waals surface area contributed by atoms with Crippen LogP contribution in [0.2, 0.25) is 0 Å². The minimum absolute atomic E-state index is 0.252. The zero-order chi connectivity index (χ0) is 30.3. The number of thiophene rings is 1. The van der Waals surface area contributed by atoms with Gasteiger partial charge in [0.15, 0.2) is 46.5 Å². The number of hydrogen-bond donors (Lipinski definition) is 1. The van der Waals surface area contributed by atoms with Crippen molar-refractivity contribution in [2.24, 2.45) is 0 Å². The molecule has 1 heterocycles. The van der Waals surface area contributed by atoms with Crippen LogP contribution in [0.1, 0.15) is 4.88 Å². The molecular formula is C26H8F10N2O2S. The van der Waals surface area contributed by atoms with E-state index in [-0.39, 0.29) is 10.5 Å². The smallest absolute Gasteiger partial charge is 0.346 e. The molecule has 1 aromatic heterocycles. The summed E-state index contributed by atoms with van der Waals surface area (Å²) in [5.41, 5.74) is -5.18. The molecule has 0 aliphatic carbocycles. The number of anilines is 3. The summed E-state index contributed by atoms with van der Waals surface area (Å²) in [5.74, 6) is -27.5. The van der Waals surface area contributed by atoms with Gasteiger partial charge in [0, 0.05) is 15.4 Å². The summed E-state index contributed by atoms with van der Waals surface area (Å²) in [6.45, 7) is 0. The molecular weight excluding hydrogens is 594 g/mol. The Labute approximate surface area is 226 Å². The maximum Gasteiger partial charge on any atom is 0.346 e. The molecule has 210 valence electrons. The minimum atomic E-state index is -2.64. The van der Waals surface area contributed by atoms with Gasteiger partial charge in [0.2, 0.25) is 11.6 Å². The summed E-state index contributed by atoms with van der Waals surface area (Å²) in [4.78, 5) is 11.4. The Hall–Kier alpha value is -4.84. The Morgan fingerprint density at radius 2 is 1.10 bits per heavy atom. The second-order valence-corrected chi connectivity index (χ2v) is 9.01. The molecule has 4 nitrogen and oxygen atoms in total. The molecule has 15 heteroatoms. The maximum atomic E-state index is 14.8. The van der Waals surface area contributed by atoms with Crippen LogP contribution in [0, 0.1) is 69.5 Å². The van der Waals surface area contributed by atoms with Crippen LogP contribution in [0.25, 0.3) is 16.5 Å². The molecule has 4 aromatic rings. The third kappa shape index (κ3) is 4.97. The van der Waals surface area contributed by atoms with Crippen LogP contribution in [-0.2, 0) is 4.79 Å². The highest BCUT2D eigenvalue weighted by atomic mass is 32.1. The van der Waals surface area contributed by atoms with E-state index in [1.54, 1.807) is 0 Å². The third-order valence-electron chi connectivity index (χ3n) is 5.49. The molecule has 0 aliphatic heterocycles. The first-order valence-electron chi connectivity index (χ1n) is 10.7. The number of carbonyl (C=O) groups is 1. The summed E-state index contributed by atoms with van der Waals surface area (Å²) in [6, 6.07) is 8.24. The summed E-state index contributed by atoms with van der Waals surface area (Å²) in [5, 5.41) is 17.9. The Balaban J connectivity index is 1.93. The molecule has 0 radical (unpaired) electrons. The molecule has 41 heavy (non-hydrogen) atoms. The van der Waals surface area contributed by atoms with E-state index in [1.165, 1.54) is 18.2 Å². The number of carboxylic acid groups (broad SMARTS) is 1. The lowest BCUT2D eigenvalue weighted by atomic mass is 10.1. The fourth-order valence-corrected chi connectivity index (χ4v) is 4.55. The fraction of sp³-hybridized carbons (Fsp3) is 0. The van der Waals surface area contributed by atoms with Gasteiger partial charge in [-0.3, -0.25) is 4.90 Å². The van der Waals surface area contributed by atoms with Crippen LogP contribution in [0.5, 0.6) is 0 Å². The molecule has 0 atom stereocenters. The zero-order valence-corrected chi connectivity index (χ0v) is 20.3. The van der Waals surface area contributed by atoms with E-state index in [4.69, 9.17) is 10.4 Å². The van der Waals surface area contributed by atoms with Gasteiger partial charge in [0.25, 0.3) is 0 Å². The summed E-state index contributed by atoms with van der Waals surface area (Å²) in [7, 11) is 0. The number of carboxylic acids is 1. The quantitative estimate of drug-likeness (QED) is 0.0794. The molecule has 0 spiro atoms. The largest absolute Gasteiger partial charge is 0.477 e. The topological polar surface area (TPSA) is 64.3 Å². The second-order valence-electron chi connectivity index (χ2n) is 7.90. The standard InChI is InChI=1S/C26H8F10N2O2S/c27-14-16(29)20(33)24(21(34)17(14)30)38(25-22(35)18(31)15(28)19(32)23(25)36)11-3-1-9(2-4-11)13-6-5-12(41-13)7-10(8-37)26(39)40/h1-7H,(H,39,40). The maximum absolute atomic E-state index is 14.8. The summed E-state index contributed by atoms with van der Waals surface area (Å²) >= 11 is 0.949. The highest BCUT2D eigenvalue weighted by molar-refractivity contribution is 7.16. The van der Waals surface area contributed by atoms with Crippen molar-refractivity contribution in [3.8, 4) is 16.5 Å². The van der Waals surface area contributed by atoms with Gasteiger partial charge >= 0.3 is 5.97 Å². The Morgan fingerprint density at radius 1 is 0.683 bits per heavy atom. The average Bonchev–Trinajstić information content (AvgIpc) is 3.43. The van der Waals surface area contributed by atoms with E-state index >= 15 is 0 Å². The molecule has 3 aromatic carbocycles. The average molecular weight is 602 g/mol. The molecule has 0 saturated heterocycles. The number of hydrogen-bond acceptors (Lipinski definition) is 4. The molecule has 0 unspecified atom stereocenters. The van der Waals surface area contributed by atoms with E-state index < -0.39 is 86.8 Å². The van der Waals surface area contributed by atoms with E-state index in [0.29, 0.717) is 9.75 Å². The lowest BCUT2D eigenvalue weighted by molar-refractivity contribution is -0.132. The first-order valence-corrected chi connectivity index (χ1v) is 11.5. The monoisotopic (exact) mass is 602 g/mol. The van der Waals surface area contributed by atoms with Crippen molar-refractivity contribution < 1.29 is 53.8 Å². The minimum Gasteiger partial charge on any atom is -0.477 e. The Morgan fingerprint density at radius 3 is 1.49 bits per heavy atom. The van der Waals surface area contributed by atoms with Gasteiger partial charge in [-0.25, -0.2) is 48.7 Å². The van der Waals surface area contributed by atoms with Crippen molar-refractivity contribution in [3.63, 3.8) is 0 Å². The molecule has 0 fully saturated rings. The molecule has 4 rings (SSSR count). The number of nitrogens with zero attached hydrogens (tertiary/aromatic N) is 2. The van der Waals surface area contributed by atoms with Crippen LogP contribution in [0.4, 0.5) is 61.0 Å². The van der Waals surface area contributed by atoms with Gasteiger partial charge in [0.1, 0.15) is 23.0 Å². The summed E-state index contributed by atoms with van der Waals surface area (Å²) in [6.07, 6.45) is 1.05. The number of aliphatic carboxylic acids is 1. The van der Waals surface area contributed by atoms with Crippen molar-refractivity contribution >= 4 is 40.4 Å². The highest BCUT2D eigenvalue weighted by Gasteiger charge is 2.36. The van der Waals surface area contributed by atoms with Gasteiger partial charge in [-0.1, -0.05) is 12.1 Å². The predicted molar refractivity (Wildman–Crippen MR) is 125 cm³/mol. The Bertz CT molecular complexity index is 1670. The van der Waals surface area contributed by atoms with Crippen LogP contribution in [0.15, 0.2) is 42.0 Å². The van der Waals surface area contributed by atoms with E-state index in [2.05, 4.69) is 0 Å². The number of rotatable bonds is 6. The van der Waals surface area contributed by atoms with Gasteiger partial charge in [0.05, 0.1) is 0 Å². The van der Waals surface area contributed by atoms with Gasteiger partial charge in [-0.2, -0.15) is 5.26 Å². The second kappa shape index (κ2) is 11.0. The van der Waals surface area contributed by atoms with Crippen molar-refractivity contribution in [3.05, 3.63) is 105 Å². The summed E-state index contributed by atoms with van der Waals surface area (Å²) < 4.78 is 143. The van der Waals surface area contributed by atoms with Crippen molar-refractivity contribution in [2.75, 3.05) is 4.90 Å². The van der Waals surface area contributed by atoms with E-state index in [9.17, 15) is 48.7 Å². The molecule has 0 aliphatic rings. The van der Waals surface area contributed by atoms with Crippen molar-refractivity contribution in [1.82, 2.24) is 0 Å². The molecule has 0 amide bonds. The Kier molecular flexibility index (Phi) is 7.80. The van der Waals surface area contributed by atoms with Gasteiger partial charge in [-0.15, -0.1) is 11.3 Å². The number of benzene rings is 3. The third-order valence-corrected chi connectivity index (χ3v) is 6.58. The van der Waals surface area contributed by atoms with Crippen molar-refractivity contribution in [2.45, 2.75) is 0 Å². The normalized spacial score (nSPS) is 11.5. The van der Waals surface area contributed by atoms with Gasteiger partial charge in [-0.05, 0) is 35.9 Å². The van der Waals surface area contributed by atoms with E-state index in [1.807, 2.05) is 0 Å². The zero-order valence-electron chi connectivity index (χ0n) is 19.5. The van der Waals surface area contributed by atoms with Crippen LogP contribution in [0.3, 0.4) is 0 Å². The first kappa shape index (κ1) is 29.2. The van der Waals surface area contributed by atoms with E-state index in [0.717, 1.165) is 41.7 Å². The van der Waals surface area contributed by atoms with Crippen LogP contribution >= 0.6 is 11.3 Å². The predicted octanol–water partition coefficient (Wildman–Crippen LogP) is 8.27. The molecule has 0 bridgehead atoms. The number of nitriles is 1. The lowest BCUT2D eigenvalue weighted by Crippen LogP contribution is -2.21. The molecule has 0 saturated carbocycles. The number of halogens is 10. The SMILES string of the molecule is N#CC(=Cc1ccc(-c2ccc(N(c3c(F)c(F)c(F)c(F)c3F)c3c(F)c(F)c(F)c(F)c3F)cc2)s1)C(=O)O. The van der Waals surface area contributed by atoms with Crippen molar-refractivity contribution in [1.29, 1.82) is 5.26 Å². The lowest BCUT2D eigenvalue weighted by Gasteiger charge is -2.27. The highest BCUT2D eigenvalue weighted by Crippen LogP contribution is 2.44. The fourth-order valence-electron chi connectivity index (χ4n) is 3.59. The van der Waals surface area contributed by atoms with Crippen LogP contribution in [-0.4, -0.2) is 11.1 Å².